The van der Waals surface area contributed by atoms with Crippen molar-refractivity contribution in [2.24, 2.45) is 10.4 Å². The van der Waals surface area contributed by atoms with E-state index in [2.05, 4.69) is 17.6 Å². The summed E-state index contributed by atoms with van der Waals surface area (Å²) < 4.78 is 17.0. The number of benzene rings is 1. The first-order valence-corrected chi connectivity index (χ1v) is 9.77. The van der Waals surface area contributed by atoms with E-state index in [0.717, 1.165) is 62.3 Å². The number of rotatable bonds is 8. The maximum atomic E-state index is 5.77. The van der Waals surface area contributed by atoms with E-state index in [1.165, 1.54) is 12.8 Å². The molecule has 2 N–H and O–H groups in total. The van der Waals surface area contributed by atoms with Crippen LogP contribution in [0.3, 0.4) is 0 Å². The average Bonchev–Trinajstić information content (AvgIpc) is 3.44. The molecule has 1 saturated carbocycles. The molecule has 3 rings (SSSR count). The minimum absolute atomic E-state index is 0. The van der Waals surface area contributed by atoms with Crippen LogP contribution in [0.2, 0.25) is 0 Å². The number of nitrogens with one attached hydrogen (secondary N) is 2. The summed E-state index contributed by atoms with van der Waals surface area (Å²) in [5.41, 5.74) is 1.29. The molecule has 0 bridgehead atoms. The molecule has 6 nitrogen and oxygen atoms in total. The first-order valence-electron chi connectivity index (χ1n) is 9.77. The van der Waals surface area contributed by atoms with Gasteiger partial charge in [-0.15, -0.1) is 24.0 Å². The number of nitrogens with zero attached hydrogens (tertiary/aromatic N) is 1. The van der Waals surface area contributed by atoms with Crippen molar-refractivity contribution in [1.29, 1.82) is 0 Å². The summed E-state index contributed by atoms with van der Waals surface area (Å²) in [4.78, 5) is 4.82. The number of ether oxygens (including phenoxy) is 3. The van der Waals surface area contributed by atoms with Gasteiger partial charge >= 0.3 is 0 Å². The lowest BCUT2D eigenvalue weighted by Crippen LogP contribution is -2.31. The van der Waals surface area contributed by atoms with Crippen LogP contribution in [0.15, 0.2) is 23.2 Å². The van der Waals surface area contributed by atoms with Gasteiger partial charge in [0.1, 0.15) is 0 Å². The predicted molar refractivity (Wildman–Crippen MR) is 120 cm³/mol. The molecular weight excluding hydrogens is 457 g/mol. The maximum Gasteiger partial charge on any atom is 0.195 e. The molecular formula is C20H32IN3O3. The molecule has 2 aliphatic rings. The molecule has 7 heteroatoms. The second kappa shape index (κ2) is 10.9. The Morgan fingerprint density at radius 1 is 1.19 bits per heavy atom. The Hall–Kier alpha value is -1.22. The highest BCUT2D eigenvalue weighted by atomic mass is 127. The molecule has 0 unspecified atom stereocenters. The third-order valence-electron chi connectivity index (χ3n) is 4.87. The zero-order valence-electron chi connectivity index (χ0n) is 16.4. The Labute approximate surface area is 179 Å². The monoisotopic (exact) mass is 489 g/mol. The van der Waals surface area contributed by atoms with Crippen LogP contribution in [0.25, 0.3) is 0 Å². The van der Waals surface area contributed by atoms with Crippen molar-refractivity contribution in [2.45, 2.75) is 39.5 Å². The number of hydrogen-bond acceptors (Lipinski definition) is 4. The Bertz CT molecular complexity index is 620. The molecule has 0 saturated heterocycles. The average molecular weight is 489 g/mol. The Morgan fingerprint density at radius 3 is 2.67 bits per heavy atom. The zero-order chi connectivity index (χ0) is 18.2. The van der Waals surface area contributed by atoms with E-state index in [0.29, 0.717) is 18.6 Å². The lowest BCUT2D eigenvalue weighted by atomic mass is 10.0. The van der Waals surface area contributed by atoms with Gasteiger partial charge in [-0.3, -0.25) is 4.99 Å². The summed E-state index contributed by atoms with van der Waals surface area (Å²) in [5.74, 6) is 2.41. The highest BCUT2D eigenvalue weighted by Gasteiger charge is 2.41. The second-order valence-corrected chi connectivity index (χ2v) is 6.98. The van der Waals surface area contributed by atoms with Crippen LogP contribution in [0.1, 0.15) is 39.5 Å². The standard InChI is InChI=1S/C20H31N3O3.HI/c1-3-21-19(22-15-20(8-9-20)10-13-24-4-2)23-16-6-7-17-18(14-16)26-12-5-11-25-17;/h6-7,14H,3-5,8-13,15H2,1-2H3,(H2,21,22,23);1H. The number of halogens is 1. The molecule has 1 aromatic rings. The molecule has 1 aliphatic carbocycles. The number of anilines is 1. The molecule has 0 atom stereocenters. The third-order valence-corrected chi connectivity index (χ3v) is 4.87. The van der Waals surface area contributed by atoms with Crippen LogP contribution in [-0.4, -0.2) is 45.5 Å². The summed E-state index contributed by atoms with van der Waals surface area (Å²) in [6.07, 6.45) is 4.49. The maximum absolute atomic E-state index is 5.77. The molecule has 1 heterocycles. The normalized spacial score (nSPS) is 17.5. The van der Waals surface area contributed by atoms with Crippen molar-refractivity contribution < 1.29 is 14.2 Å². The van der Waals surface area contributed by atoms with Gasteiger partial charge in [0.2, 0.25) is 0 Å². The van der Waals surface area contributed by atoms with E-state index in [1.54, 1.807) is 0 Å². The SMILES string of the molecule is CCNC(=NCC1(CCOCC)CC1)Nc1ccc2c(c1)OCCCO2.I. The fraction of sp³-hybridized carbons (Fsp3) is 0.650. The van der Waals surface area contributed by atoms with Crippen LogP contribution < -0.4 is 20.1 Å². The first-order chi connectivity index (χ1) is 12.7. The van der Waals surface area contributed by atoms with Gasteiger partial charge in [0, 0.05) is 44.5 Å². The predicted octanol–water partition coefficient (Wildman–Crippen LogP) is 4.05. The molecule has 1 aliphatic heterocycles. The van der Waals surface area contributed by atoms with Crippen molar-refractivity contribution in [1.82, 2.24) is 5.32 Å². The van der Waals surface area contributed by atoms with Gasteiger partial charge in [0.05, 0.1) is 13.2 Å². The fourth-order valence-electron chi connectivity index (χ4n) is 3.03. The zero-order valence-corrected chi connectivity index (χ0v) is 18.7. The molecule has 0 spiro atoms. The summed E-state index contributed by atoms with van der Waals surface area (Å²) in [5, 5.41) is 6.72. The van der Waals surface area contributed by atoms with Crippen LogP contribution in [0.4, 0.5) is 5.69 Å². The quantitative estimate of drug-likeness (QED) is 0.250. The van der Waals surface area contributed by atoms with E-state index >= 15 is 0 Å². The first kappa shape index (κ1) is 22.1. The third kappa shape index (κ3) is 6.71. The summed E-state index contributed by atoms with van der Waals surface area (Å²) in [6, 6.07) is 5.94. The minimum Gasteiger partial charge on any atom is -0.490 e. The van der Waals surface area contributed by atoms with Crippen molar-refractivity contribution in [2.75, 3.05) is 44.8 Å². The van der Waals surface area contributed by atoms with Crippen LogP contribution >= 0.6 is 24.0 Å². The number of hydrogen-bond donors (Lipinski definition) is 2. The van der Waals surface area contributed by atoms with Gasteiger partial charge in [-0.1, -0.05) is 0 Å². The highest BCUT2D eigenvalue weighted by Crippen LogP contribution is 2.49. The Balaban J connectivity index is 0.00000261. The summed E-state index contributed by atoms with van der Waals surface area (Å²) >= 11 is 0. The van der Waals surface area contributed by atoms with Crippen LogP contribution in [0, 0.1) is 5.41 Å². The molecule has 1 aromatic carbocycles. The number of fused-ring (bicyclic) bond motifs is 1. The number of aliphatic imine (C=N–C) groups is 1. The lowest BCUT2D eigenvalue weighted by Gasteiger charge is -2.16. The Kier molecular flexibility index (Phi) is 8.95. The van der Waals surface area contributed by atoms with Crippen molar-refractivity contribution in [3.63, 3.8) is 0 Å². The fourth-order valence-corrected chi connectivity index (χ4v) is 3.03. The van der Waals surface area contributed by atoms with E-state index in [-0.39, 0.29) is 24.0 Å². The smallest absolute Gasteiger partial charge is 0.195 e. The van der Waals surface area contributed by atoms with E-state index < -0.39 is 0 Å². The van der Waals surface area contributed by atoms with Gasteiger partial charge in [-0.25, -0.2) is 0 Å². The van der Waals surface area contributed by atoms with Crippen LogP contribution in [0.5, 0.6) is 11.5 Å². The Morgan fingerprint density at radius 2 is 1.96 bits per heavy atom. The number of guanidine groups is 1. The van der Waals surface area contributed by atoms with E-state index in [4.69, 9.17) is 19.2 Å². The lowest BCUT2D eigenvalue weighted by molar-refractivity contribution is 0.129. The summed E-state index contributed by atoms with van der Waals surface area (Å²) in [7, 11) is 0. The largest absolute Gasteiger partial charge is 0.490 e. The van der Waals surface area contributed by atoms with Gasteiger partial charge in [-0.2, -0.15) is 0 Å². The van der Waals surface area contributed by atoms with Crippen molar-refractivity contribution in [3.05, 3.63) is 18.2 Å². The summed E-state index contributed by atoms with van der Waals surface area (Å²) in [6.45, 7) is 8.78. The minimum atomic E-state index is 0. The van der Waals surface area contributed by atoms with Gasteiger partial charge in [-0.05, 0) is 50.7 Å². The molecule has 27 heavy (non-hydrogen) atoms. The van der Waals surface area contributed by atoms with Crippen LogP contribution in [-0.2, 0) is 4.74 Å². The highest BCUT2D eigenvalue weighted by molar-refractivity contribution is 14.0. The van der Waals surface area contributed by atoms with Crippen molar-refractivity contribution in [3.8, 4) is 11.5 Å². The second-order valence-electron chi connectivity index (χ2n) is 6.98. The van der Waals surface area contributed by atoms with Gasteiger partial charge < -0.3 is 24.8 Å². The molecule has 0 amide bonds. The van der Waals surface area contributed by atoms with Gasteiger partial charge in [0.25, 0.3) is 0 Å². The topological polar surface area (TPSA) is 64.1 Å². The van der Waals surface area contributed by atoms with E-state index in [9.17, 15) is 0 Å². The van der Waals surface area contributed by atoms with Crippen molar-refractivity contribution >= 4 is 35.6 Å². The van der Waals surface area contributed by atoms with E-state index in [1.807, 2.05) is 25.1 Å². The van der Waals surface area contributed by atoms with Gasteiger partial charge in [0.15, 0.2) is 17.5 Å². The molecule has 152 valence electrons. The molecule has 0 aromatic heterocycles. The molecule has 0 radical (unpaired) electrons. The molecule has 1 fully saturated rings.